The van der Waals surface area contributed by atoms with Gasteiger partial charge in [0.1, 0.15) is 11.0 Å². The highest BCUT2D eigenvalue weighted by atomic mass is 35.5. The van der Waals surface area contributed by atoms with E-state index >= 15 is 0 Å². The van der Waals surface area contributed by atoms with Crippen molar-refractivity contribution in [2.45, 2.75) is 30.7 Å². The lowest BCUT2D eigenvalue weighted by Gasteiger charge is -2.38. The van der Waals surface area contributed by atoms with Gasteiger partial charge in [0.05, 0.1) is 25.6 Å². The molecular weight excluding hydrogens is 458 g/mol. The summed E-state index contributed by atoms with van der Waals surface area (Å²) in [5, 5.41) is 0.821. The van der Waals surface area contributed by atoms with E-state index in [9.17, 15) is 9.59 Å². The number of hydrogen-bond acceptors (Lipinski definition) is 9. The zero-order valence-electron chi connectivity index (χ0n) is 18.1. The number of aromatic nitrogens is 2. The van der Waals surface area contributed by atoms with Crippen LogP contribution in [0.15, 0.2) is 11.2 Å². The van der Waals surface area contributed by atoms with E-state index in [1.807, 2.05) is 0 Å². The van der Waals surface area contributed by atoms with Gasteiger partial charge in [-0.2, -0.15) is 0 Å². The largest absolute Gasteiger partial charge is 0.450 e. The minimum atomic E-state index is -0.450. The minimum absolute atomic E-state index is 0.0147. The summed E-state index contributed by atoms with van der Waals surface area (Å²) in [6.45, 7) is 6.82. The van der Waals surface area contributed by atoms with Crippen molar-refractivity contribution < 1.29 is 23.8 Å². The smallest absolute Gasteiger partial charge is 0.409 e. The van der Waals surface area contributed by atoms with Crippen LogP contribution in [0, 0.1) is 0 Å². The SMILES string of the molecule is CCOC(=O)N1CCN(C(=O)CSc2nc(Cl)cc(N3CCC4(CC3)OCCO4)n2)CC1. The number of amides is 2. The third kappa shape index (κ3) is 5.56. The van der Waals surface area contributed by atoms with Gasteiger partial charge in [-0.05, 0) is 6.92 Å². The number of piperazine rings is 1. The standard InChI is InChI=1S/C20H28ClN5O5S/c1-2-29-19(28)26-9-7-25(8-10-26)17(27)14-32-18-22-15(21)13-16(23-18)24-5-3-20(4-6-24)30-11-12-31-20/h13H,2-12,14H2,1H3. The molecule has 1 aromatic heterocycles. The number of hydrogen-bond donors (Lipinski definition) is 0. The Bertz CT molecular complexity index is 823. The van der Waals surface area contributed by atoms with Gasteiger partial charge in [-0.3, -0.25) is 4.79 Å². The van der Waals surface area contributed by atoms with Gasteiger partial charge < -0.3 is 28.9 Å². The molecule has 1 aromatic rings. The third-order valence-electron chi connectivity index (χ3n) is 5.81. The maximum absolute atomic E-state index is 12.6. The van der Waals surface area contributed by atoms with Crippen LogP contribution in [0.2, 0.25) is 5.15 Å². The zero-order chi connectivity index (χ0) is 22.6. The van der Waals surface area contributed by atoms with Crippen molar-refractivity contribution >= 4 is 41.2 Å². The van der Waals surface area contributed by atoms with E-state index in [1.165, 1.54) is 11.8 Å². The summed E-state index contributed by atoms with van der Waals surface area (Å²) in [6.07, 6.45) is 1.21. The van der Waals surface area contributed by atoms with Crippen LogP contribution in [0.4, 0.5) is 10.6 Å². The third-order valence-corrected chi connectivity index (χ3v) is 6.83. The Morgan fingerprint density at radius 3 is 2.41 bits per heavy atom. The molecular formula is C20H28ClN5O5S. The van der Waals surface area contributed by atoms with Gasteiger partial charge in [0.25, 0.3) is 0 Å². The molecule has 4 heterocycles. The summed E-state index contributed by atoms with van der Waals surface area (Å²) in [7, 11) is 0. The van der Waals surface area contributed by atoms with E-state index in [-0.39, 0.29) is 17.8 Å². The Balaban J connectivity index is 1.28. The first-order valence-electron chi connectivity index (χ1n) is 10.9. The van der Waals surface area contributed by atoms with Gasteiger partial charge in [0.15, 0.2) is 10.9 Å². The number of anilines is 1. The predicted octanol–water partition coefficient (Wildman–Crippen LogP) is 1.87. The number of carbonyl (C=O) groups excluding carboxylic acids is 2. The number of rotatable bonds is 5. The molecule has 12 heteroatoms. The number of halogens is 1. The number of nitrogens with zero attached hydrogens (tertiary/aromatic N) is 5. The molecule has 0 atom stereocenters. The molecule has 2 amide bonds. The second-order valence-corrected chi connectivity index (χ2v) is 9.11. The van der Waals surface area contributed by atoms with Gasteiger partial charge >= 0.3 is 6.09 Å². The van der Waals surface area contributed by atoms with Crippen LogP contribution >= 0.6 is 23.4 Å². The van der Waals surface area contributed by atoms with E-state index in [2.05, 4.69) is 14.9 Å². The van der Waals surface area contributed by atoms with Gasteiger partial charge in [-0.15, -0.1) is 0 Å². The lowest BCUT2D eigenvalue weighted by molar-refractivity contribution is -0.169. The Labute approximate surface area is 196 Å². The average molecular weight is 486 g/mol. The first kappa shape index (κ1) is 23.3. The first-order valence-corrected chi connectivity index (χ1v) is 12.2. The molecule has 0 N–H and O–H groups in total. The zero-order valence-corrected chi connectivity index (χ0v) is 19.7. The van der Waals surface area contributed by atoms with Crippen LogP contribution in [0.5, 0.6) is 0 Å². The van der Waals surface area contributed by atoms with Crippen molar-refractivity contribution in [1.82, 2.24) is 19.8 Å². The normalized spacial score (nSPS) is 20.6. The second kappa shape index (κ2) is 10.4. The van der Waals surface area contributed by atoms with E-state index in [1.54, 1.807) is 22.8 Å². The molecule has 10 nitrogen and oxygen atoms in total. The Hall–Kier alpha value is -1.82. The molecule has 0 bridgehead atoms. The molecule has 3 aliphatic heterocycles. The molecule has 0 radical (unpaired) electrons. The van der Waals surface area contributed by atoms with Crippen LogP contribution in [0.25, 0.3) is 0 Å². The number of carbonyl (C=O) groups is 2. The van der Waals surface area contributed by atoms with Crippen LogP contribution in [-0.4, -0.2) is 102 Å². The summed E-state index contributed by atoms with van der Waals surface area (Å²) in [5.41, 5.74) is 0. The molecule has 176 valence electrons. The number of piperidine rings is 1. The van der Waals surface area contributed by atoms with Crippen molar-refractivity contribution in [2.24, 2.45) is 0 Å². The summed E-state index contributed by atoms with van der Waals surface area (Å²) in [5.74, 6) is 0.494. The quantitative estimate of drug-likeness (QED) is 0.351. The Morgan fingerprint density at radius 2 is 1.75 bits per heavy atom. The molecule has 3 fully saturated rings. The maximum Gasteiger partial charge on any atom is 0.409 e. The van der Waals surface area contributed by atoms with Gasteiger partial charge in [-0.1, -0.05) is 23.4 Å². The van der Waals surface area contributed by atoms with Crippen molar-refractivity contribution in [3.63, 3.8) is 0 Å². The molecule has 0 unspecified atom stereocenters. The van der Waals surface area contributed by atoms with Crippen molar-refractivity contribution in [3.8, 4) is 0 Å². The number of thioether (sulfide) groups is 1. The predicted molar refractivity (Wildman–Crippen MR) is 119 cm³/mol. The molecule has 4 rings (SSSR count). The van der Waals surface area contributed by atoms with Crippen LogP contribution in [-0.2, 0) is 19.0 Å². The summed E-state index contributed by atoms with van der Waals surface area (Å²) < 4.78 is 16.6. The first-order chi connectivity index (χ1) is 15.5. The van der Waals surface area contributed by atoms with Crippen LogP contribution in [0.1, 0.15) is 19.8 Å². The van der Waals surface area contributed by atoms with Crippen LogP contribution < -0.4 is 4.90 Å². The lowest BCUT2D eigenvalue weighted by atomic mass is 10.0. The van der Waals surface area contributed by atoms with E-state index in [0.717, 1.165) is 31.7 Å². The van der Waals surface area contributed by atoms with Gasteiger partial charge in [-0.25, -0.2) is 14.8 Å². The highest BCUT2D eigenvalue weighted by molar-refractivity contribution is 7.99. The van der Waals surface area contributed by atoms with E-state index < -0.39 is 5.79 Å². The molecule has 0 saturated carbocycles. The maximum atomic E-state index is 12.6. The van der Waals surface area contributed by atoms with Crippen molar-refractivity contribution in [1.29, 1.82) is 0 Å². The van der Waals surface area contributed by atoms with Gasteiger partial charge in [0.2, 0.25) is 5.91 Å². The van der Waals surface area contributed by atoms with E-state index in [0.29, 0.717) is 56.3 Å². The Morgan fingerprint density at radius 1 is 1.09 bits per heavy atom. The summed E-state index contributed by atoms with van der Waals surface area (Å²) in [6, 6.07) is 1.75. The second-order valence-electron chi connectivity index (χ2n) is 7.78. The highest BCUT2D eigenvalue weighted by Gasteiger charge is 2.40. The highest BCUT2D eigenvalue weighted by Crippen LogP contribution is 2.33. The fraction of sp³-hybridized carbons (Fsp3) is 0.700. The molecule has 3 saturated heterocycles. The summed E-state index contributed by atoms with van der Waals surface area (Å²) >= 11 is 7.51. The van der Waals surface area contributed by atoms with Crippen molar-refractivity contribution in [2.75, 3.05) is 69.7 Å². The average Bonchev–Trinajstić information content (AvgIpc) is 3.25. The molecule has 3 aliphatic rings. The fourth-order valence-corrected chi connectivity index (χ4v) is 5.03. The topological polar surface area (TPSA) is 97.3 Å². The number of ether oxygens (including phenoxy) is 3. The molecule has 1 spiro atoms. The molecule has 32 heavy (non-hydrogen) atoms. The lowest BCUT2D eigenvalue weighted by Crippen LogP contribution is -2.51. The summed E-state index contributed by atoms with van der Waals surface area (Å²) in [4.78, 5) is 38.8. The Kier molecular flexibility index (Phi) is 7.59. The van der Waals surface area contributed by atoms with Crippen LogP contribution in [0.3, 0.4) is 0 Å². The molecule has 0 aliphatic carbocycles. The molecule has 0 aromatic carbocycles. The van der Waals surface area contributed by atoms with Gasteiger partial charge in [0, 0.05) is 58.2 Å². The fourth-order valence-electron chi connectivity index (χ4n) is 4.04. The van der Waals surface area contributed by atoms with Crippen molar-refractivity contribution in [3.05, 3.63) is 11.2 Å². The monoisotopic (exact) mass is 485 g/mol. The van der Waals surface area contributed by atoms with E-state index in [4.69, 9.17) is 25.8 Å². The minimum Gasteiger partial charge on any atom is -0.450 e.